The molecule has 4 aromatic rings. The van der Waals surface area contributed by atoms with Gasteiger partial charge in [0.05, 0.1) is 11.9 Å². The van der Waals surface area contributed by atoms with E-state index in [1.165, 1.54) is 11.1 Å². The van der Waals surface area contributed by atoms with Crippen LogP contribution in [0.2, 0.25) is 0 Å². The molecule has 2 heterocycles. The van der Waals surface area contributed by atoms with Gasteiger partial charge in [0.25, 0.3) is 5.91 Å². The number of amides is 1. The van der Waals surface area contributed by atoms with Crippen LogP contribution in [0, 0.1) is 6.92 Å². The first-order chi connectivity index (χ1) is 13.8. The third-order valence-electron chi connectivity index (χ3n) is 4.96. The molecule has 0 saturated heterocycles. The van der Waals surface area contributed by atoms with Gasteiger partial charge in [0.15, 0.2) is 5.65 Å². The largest absolute Gasteiger partial charge is 0.306 e. The minimum Gasteiger partial charge on any atom is -0.306 e. The summed E-state index contributed by atoms with van der Waals surface area (Å²) in [6, 6.07) is 19.6. The fourth-order valence-electron chi connectivity index (χ4n) is 3.22. The predicted octanol–water partition coefficient (Wildman–Crippen LogP) is 5.25. The molecule has 1 amide bonds. The van der Waals surface area contributed by atoms with Gasteiger partial charge in [-0.25, -0.2) is 9.50 Å². The number of aromatic nitrogens is 3. The maximum absolute atomic E-state index is 12.8. The third-order valence-corrected chi connectivity index (χ3v) is 4.96. The van der Waals surface area contributed by atoms with Gasteiger partial charge in [-0.05, 0) is 30.0 Å². The van der Waals surface area contributed by atoms with Gasteiger partial charge in [-0.2, -0.15) is 5.10 Å². The molecule has 0 radical (unpaired) electrons. The van der Waals surface area contributed by atoms with Gasteiger partial charge < -0.3 is 5.32 Å². The van der Waals surface area contributed by atoms with Crippen LogP contribution in [-0.2, 0) is 5.41 Å². The Labute approximate surface area is 170 Å². The Balaban J connectivity index is 1.66. The molecule has 0 fully saturated rings. The van der Waals surface area contributed by atoms with Gasteiger partial charge in [-0.3, -0.25) is 4.79 Å². The molecular weight excluding hydrogens is 360 g/mol. The molecule has 0 saturated carbocycles. The first-order valence-corrected chi connectivity index (χ1v) is 9.65. The van der Waals surface area contributed by atoms with E-state index >= 15 is 0 Å². The van der Waals surface area contributed by atoms with Crippen molar-refractivity contribution in [1.29, 1.82) is 0 Å². The van der Waals surface area contributed by atoms with Crippen LogP contribution in [0.4, 0.5) is 5.82 Å². The zero-order valence-electron chi connectivity index (χ0n) is 17.1. The van der Waals surface area contributed by atoms with E-state index in [4.69, 9.17) is 0 Å². The average molecular weight is 384 g/mol. The molecule has 29 heavy (non-hydrogen) atoms. The molecule has 1 N–H and O–H groups in total. The second-order valence-electron chi connectivity index (χ2n) is 8.28. The summed E-state index contributed by atoms with van der Waals surface area (Å²) in [5, 5.41) is 7.30. The molecule has 5 heteroatoms. The van der Waals surface area contributed by atoms with Crippen LogP contribution in [0.5, 0.6) is 0 Å². The topological polar surface area (TPSA) is 59.3 Å². The van der Waals surface area contributed by atoms with Crippen molar-refractivity contribution in [1.82, 2.24) is 14.6 Å². The van der Waals surface area contributed by atoms with E-state index in [-0.39, 0.29) is 11.3 Å². The van der Waals surface area contributed by atoms with Crippen LogP contribution in [0.3, 0.4) is 0 Å². The van der Waals surface area contributed by atoms with E-state index in [2.05, 4.69) is 55.2 Å². The molecule has 0 aliphatic carbocycles. The lowest BCUT2D eigenvalue weighted by Gasteiger charge is -2.19. The predicted molar refractivity (Wildman–Crippen MR) is 116 cm³/mol. The zero-order chi connectivity index (χ0) is 20.6. The van der Waals surface area contributed by atoms with Gasteiger partial charge >= 0.3 is 0 Å². The smallest absolute Gasteiger partial charge is 0.256 e. The van der Waals surface area contributed by atoms with Gasteiger partial charge in [0.1, 0.15) is 5.82 Å². The minimum absolute atomic E-state index is 0.0482. The Bertz CT molecular complexity index is 1170. The fraction of sp³-hybridized carbons (Fsp3) is 0.208. The van der Waals surface area contributed by atoms with Crippen molar-refractivity contribution in [3.8, 4) is 11.3 Å². The van der Waals surface area contributed by atoms with E-state index in [0.29, 0.717) is 17.0 Å². The highest BCUT2D eigenvalue weighted by Gasteiger charge is 2.15. The Morgan fingerprint density at radius 3 is 2.31 bits per heavy atom. The van der Waals surface area contributed by atoms with Crippen molar-refractivity contribution in [2.24, 2.45) is 0 Å². The lowest BCUT2D eigenvalue weighted by Crippen LogP contribution is -2.15. The summed E-state index contributed by atoms with van der Waals surface area (Å²) in [4.78, 5) is 17.3. The van der Waals surface area contributed by atoms with Crippen LogP contribution >= 0.6 is 0 Å². The molecular formula is C24H24N4O. The van der Waals surface area contributed by atoms with E-state index in [0.717, 1.165) is 11.3 Å². The number of carbonyl (C=O) groups excluding carboxylic acids is 1. The summed E-state index contributed by atoms with van der Waals surface area (Å²) in [5.74, 6) is 0.315. The fourth-order valence-corrected chi connectivity index (χ4v) is 3.22. The van der Waals surface area contributed by atoms with Crippen LogP contribution in [0.1, 0.15) is 42.3 Å². The normalized spacial score (nSPS) is 11.6. The lowest BCUT2D eigenvalue weighted by molar-refractivity contribution is 0.102. The highest BCUT2D eigenvalue weighted by molar-refractivity contribution is 6.04. The summed E-state index contributed by atoms with van der Waals surface area (Å²) in [5.41, 5.74) is 5.59. The van der Waals surface area contributed by atoms with Crippen LogP contribution in [0.25, 0.3) is 16.9 Å². The maximum atomic E-state index is 12.8. The number of carbonyl (C=O) groups is 1. The molecule has 0 aliphatic heterocycles. The SMILES string of the molecule is Cc1ccc(-c2cc(NC(=O)c3ccc(C(C)(C)C)cc3)nc3ccnn23)cc1. The molecule has 4 rings (SSSR count). The number of anilines is 1. The zero-order valence-corrected chi connectivity index (χ0v) is 17.1. The molecule has 0 spiro atoms. The Morgan fingerprint density at radius 1 is 0.966 bits per heavy atom. The van der Waals surface area contributed by atoms with Crippen molar-refractivity contribution in [2.75, 3.05) is 5.32 Å². The number of hydrogen-bond donors (Lipinski definition) is 1. The van der Waals surface area contributed by atoms with Crippen LogP contribution in [0.15, 0.2) is 66.9 Å². The van der Waals surface area contributed by atoms with Crippen molar-refractivity contribution >= 4 is 17.4 Å². The standard InChI is InChI=1S/C24H24N4O/c1-16-5-7-17(8-6-16)20-15-21(26-22-13-14-25-28(20)22)27-23(29)18-9-11-19(12-10-18)24(2,3)4/h5-15H,1-4H3,(H,26,27,29). The van der Waals surface area contributed by atoms with Crippen molar-refractivity contribution < 1.29 is 4.79 Å². The molecule has 146 valence electrons. The quantitative estimate of drug-likeness (QED) is 0.524. The number of rotatable bonds is 3. The average Bonchev–Trinajstić information content (AvgIpc) is 3.16. The first-order valence-electron chi connectivity index (χ1n) is 9.65. The molecule has 0 aliphatic rings. The number of nitrogens with one attached hydrogen (secondary N) is 1. The lowest BCUT2D eigenvalue weighted by atomic mass is 9.87. The highest BCUT2D eigenvalue weighted by Crippen LogP contribution is 2.25. The number of aryl methyl sites for hydroxylation is 1. The summed E-state index contributed by atoms with van der Waals surface area (Å²) >= 11 is 0. The van der Waals surface area contributed by atoms with E-state index in [1.807, 2.05) is 48.5 Å². The number of nitrogens with zero attached hydrogens (tertiary/aromatic N) is 3. The monoisotopic (exact) mass is 384 g/mol. The summed E-state index contributed by atoms with van der Waals surface area (Å²) in [6.07, 6.45) is 1.71. The van der Waals surface area contributed by atoms with Gasteiger partial charge in [-0.1, -0.05) is 62.7 Å². The van der Waals surface area contributed by atoms with Crippen molar-refractivity contribution in [2.45, 2.75) is 33.1 Å². The van der Waals surface area contributed by atoms with E-state index < -0.39 is 0 Å². The van der Waals surface area contributed by atoms with Crippen LogP contribution < -0.4 is 5.32 Å². The van der Waals surface area contributed by atoms with Gasteiger partial charge in [0.2, 0.25) is 0 Å². The molecule has 2 aromatic carbocycles. The summed E-state index contributed by atoms with van der Waals surface area (Å²) < 4.78 is 1.78. The van der Waals surface area contributed by atoms with E-state index in [9.17, 15) is 4.79 Å². The Morgan fingerprint density at radius 2 is 1.66 bits per heavy atom. The molecule has 2 aromatic heterocycles. The minimum atomic E-state index is -0.184. The molecule has 0 atom stereocenters. The maximum Gasteiger partial charge on any atom is 0.256 e. The Kier molecular flexibility index (Phi) is 4.66. The molecule has 0 bridgehead atoms. The van der Waals surface area contributed by atoms with Crippen LogP contribution in [-0.4, -0.2) is 20.5 Å². The highest BCUT2D eigenvalue weighted by atomic mass is 16.1. The third kappa shape index (κ3) is 3.90. The Hall–Kier alpha value is -3.47. The van der Waals surface area contributed by atoms with Gasteiger partial charge in [0, 0.05) is 23.3 Å². The second kappa shape index (κ2) is 7.17. The number of benzene rings is 2. The molecule has 0 unspecified atom stereocenters. The van der Waals surface area contributed by atoms with Crippen molar-refractivity contribution in [3.05, 3.63) is 83.6 Å². The first kappa shape index (κ1) is 18.9. The number of hydrogen-bond acceptors (Lipinski definition) is 3. The van der Waals surface area contributed by atoms with Crippen molar-refractivity contribution in [3.63, 3.8) is 0 Å². The van der Waals surface area contributed by atoms with E-state index in [1.54, 1.807) is 10.7 Å². The van der Waals surface area contributed by atoms with Gasteiger partial charge in [-0.15, -0.1) is 0 Å². The molecule has 5 nitrogen and oxygen atoms in total. The summed E-state index contributed by atoms with van der Waals surface area (Å²) in [6.45, 7) is 8.51. The second-order valence-corrected chi connectivity index (χ2v) is 8.28. The summed E-state index contributed by atoms with van der Waals surface area (Å²) in [7, 11) is 0. The number of fused-ring (bicyclic) bond motifs is 1.